The van der Waals surface area contributed by atoms with Crippen LogP contribution in [0.5, 0.6) is 0 Å². The van der Waals surface area contributed by atoms with Gasteiger partial charge >= 0.3 is 0 Å². The zero-order valence-electron chi connectivity index (χ0n) is 15.0. The van der Waals surface area contributed by atoms with Gasteiger partial charge in [-0.05, 0) is 11.1 Å². The zero-order chi connectivity index (χ0) is 18.4. The third-order valence-electron chi connectivity index (χ3n) is 4.27. The van der Waals surface area contributed by atoms with Crippen LogP contribution in [0.15, 0.2) is 60.7 Å². The molecule has 2 N–H and O–H groups in total. The topological polar surface area (TPSA) is 68.2 Å². The Morgan fingerprint density at radius 2 is 1.64 bits per heavy atom. The Balaban J connectivity index is 1.65. The first-order chi connectivity index (χ1) is 12.6. The summed E-state index contributed by atoms with van der Waals surface area (Å²) in [5.41, 5.74) is 0.656. The van der Waals surface area contributed by atoms with Gasteiger partial charge in [0.05, 0.1) is 34.4 Å². The van der Waals surface area contributed by atoms with Gasteiger partial charge in [-0.25, -0.2) is 0 Å². The van der Waals surface area contributed by atoms with Gasteiger partial charge in [-0.1, -0.05) is 60.7 Å². The molecule has 0 radical (unpaired) electrons. The summed E-state index contributed by atoms with van der Waals surface area (Å²) in [6.45, 7) is -0.990. The highest BCUT2D eigenvalue weighted by molar-refractivity contribution is 5.14. The summed E-state index contributed by atoms with van der Waals surface area (Å²) < 4.78 is 25.0. The molecule has 1 heterocycles. The minimum absolute atomic E-state index is 0.0181. The van der Waals surface area contributed by atoms with Crippen molar-refractivity contribution in [2.75, 3.05) is 19.8 Å². The van der Waals surface area contributed by atoms with Crippen molar-refractivity contribution < 1.29 is 25.8 Å². The molecule has 25 heavy (non-hydrogen) atoms. The van der Waals surface area contributed by atoms with E-state index in [9.17, 15) is 10.2 Å². The van der Waals surface area contributed by atoms with E-state index in [0.29, 0.717) is 6.61 Å². The molecule has 5 heteroatoms. The smallest absolute Gasteiger partial charge is 0.143 e. The van der Waals surface area contributed by atoms with Crippen molar-refractivity contribution in [3.8, 4) is 0 Å². The molecule has 1 unspecified atom stereocenters. The minimum atomic E-state index is -1.27. The second-order valence-electron chi connectivity index (χ2n) is 6.16. The fourth-order valence-electron chi connectivity index (χ4n) is 2.87. The molecular formula is C20H24O5. The van der Waals surface area contributed by atoms with Crippen molar-refractivity contribution in [2.45, 2.75) is 31.0 Å². The molecule has 0 aromatic heterocycles. The van der Waals surface area contributed by atoms with Gasteiger partial charge in [0.25, 0.3) is 0 Å². The van der Waals surface area contributed by atoms with Gasteiger partial charge in [0.1, 0.15) is 17.8 Å². The second-order valence-corrected chi connectivity index (χ2v) is 6.16. The van der Waals surface area contributed by atoms with E-state index in [1.807, 2.05) is 60.7 Å². The lowest BCUT2D eigenvalue weighted by atomic mass is 9.97. The number of aliphatic hydroxyl groups excluding tert-OH is 2. The predicted molar refractivity (Wildman–Crippen MR) is 92.9 cm³/mol. The maximum Gasteiger partial charge on any atom is 0.143 e. The molecule has 0 aliphatic carbocycles. The van der Waals surface area contributed by atoms with E-state index >= 15 is 0 Å². The van der Waals surface area contributed by atoms with E-state index in [0.717, 1.165) is 11.1 Å². The number of aliphatic hydroxyl groups is 2. The number of ether oxygens (including phenoxy) is 3. The summed E-state index contributed by atoms with van der Waals surface area (Å²) in [5.74, 6) is 0. The van der Waals surface area contributed by atoms with E-state index in [4.69, 9.17) is 15.6 Å². The van der Waals surface area contributed by atoms with Gasteiger partial charge in [-0.3, -0.25) is 0 Å². The fraction of sp³-hybridized carbons (Fsp3) is 0.400. The van der Waals surface area contributed by atoms with Crippen molar-refractivity contribution >= 4 is 0 Å². The summed E-state index contributed by atoms with van der Waals surface area (Å²) in [7, 11) is 0. The molecule has 4 atom stereocenters. The van der Waals surface area contributed by atoms with Crippen molar-refractivity contribution in [3.05, 3.63) is 71.8 Å². The van der Waals surface area contributed by atoms with Crippen LogP contribution in [0.2, 0.25) is 0 Å². The van der Waals surface area contributed by atoms with Crippen molar-refractivity contribution in [1.29, 1.82) is 0 Å². The quantitative estimate of drug-likeness (QED) is 0.764. The van der Waals surface area contributed by atoms with E-state index in [1.54, 1.807) is 0 Å². The highest BCUT2D eigenvalue weighted by Gasteiger charge is 2.50. The zero-order valence-corrected chi connectivity index (χ0v) is 14.0. The molecule has 2 aromatic carbocycles. The minimum Gasteiger partial charge on any atom is -0.393 e. The average molecular weight is 346 g/mol. The average Bonchev–Trinajstić information content (AvgIpc) is 2.92. The Morgan fingerprint density at radius 1 is 1.04 bits per heavy atom. The highest BCUT2D eigenvalue weighted by atomic mass is 16.6. The number of hydrogen-bond acceptors (Lipinski definition) is 5. The Hall–Kier alpha value is -1.76. The molecule has 0 spiro atoms. The monoisotopic (exact) mass is 346 g/mol. The lowest BCUT2D eigenvalue weighted by Gasteiger charge is -2.32. The Kier molecular flexibility index (Phi) is 5.71. The molecule has 3 rings (SSSR count). The summed E-state index contributed by atoms with van der Waals surface area (Å²) in [6, 6.07) is 19.2. The first-order valence-corrected chi connectivity index (χ1v) is 8.31. The van der Waals surface area contributed by atoms with Crippen LogP contribution in [0.3, 0.4) is 0 Å². The molecule has 5 nitrogen and oxygen atoms in total. The maximum absolute atomic E-state index is 10.3. The summed E-state index contributed by atoms with van der Waals surface area (Å²) >= 11 is 0. The first-order valence-electron chi connectivity index (χ1n) is 8.88. The van der Waals surface area contributed by atoms with Crippen molar-refractivity contribution in [1.82, 2.24) is 0 Å². The molecule has 1 fully saturated rings. The van der Waals surface area contributed by atoms with E-state index in [2.05, 4.69) is 0 Å². The molecule has 0 bridgehead atoms. The van der Waals surface area contributed by atoms with Gasteiger partial charge in [0.15, 0.2) is 0 Å². The van der Waals surface area contributed by atoms with Crippen molar-refractivity contribution in [2.24, 2.45) is 0 Å². The highest BCUT2D eigenvalue weighted by Crippen LogP contribution is 2.30. The number of benzene rings is 2. The Bertz CT molecular complexity index is 668. The maximum atomic E-state index is 10.3. The molecular weight excluding hydrogens is 320 g/mol. The van der Waals surface area contributed by atoms with E-state index in [1.165, 1.54) is 0 Å². The van der Waals surface area contributed by atoms with Gasteiger partial charge in [0, 0.05) is 0 Å². The molecule has 0 saturated carbocycles. The lowest BCUT2D eigenvalue weighted by molar-refractivity contribution is -0.158. The standard InChI is InChI=1S/C20H24O5/c21-14-20(15-23-11-16-7-3-1-4-8-16)19(18(22)13-25-20)24-12-17-9-5-2-6-10-17/h1-10,18-19,21-22H,11-15H2/t18-,19?,20-/m1/s1/i13T/t13-,18+,19?,20+/m0. The van der Waals surface area contributed by atoms with Crippen LogP contribution in [0.1, 0.15) is 12.5 Å². The van der Waals surface area contributed by atoms with Crippen LogP contribution >= 0.6 is 0 Å². The molecule has 1 saturated heterocycles. The normalized spacial score (nSPS) is 29.5. The Morgan fingerprint density at radius 3 is 2.24 bits per heavy atom. The lowest BCUT2D eigenvalue weighted by Crippen LogP contribution is -2.51. The number of rotatable bonds is 8. The first kappa shape index (κ1) is 16.7. The molecule has 134 valence electrons. The Labute approximate surface area is 149 Å². The fourth-order valence-corrected chi connectivity index (χ4v) is 2.87. The number of hydrogen-bond donors (Lipinski definition) is 2. The summed E-state index contributed by atoms with van der Waals surface area (Å²) in [5, 5.41) is 20.3. The third kappa shape index (κ3) is 4.45. The van der Waals surface area contributed by atoms with Crippen LogP contribution in [0.4, 0.5) is 0 Å². The predicted octanol–water partition coefficient (Wildman–Crippen LogP) is 1.91. The third-order valence-corrected chi connectivity index (χ3v) is 4.27. The van der Waals surface area contributed by atoms with Gasteiger partial charge in [-0.15, -0.1) is 0 Å². The summed E-state index contributed by atoms with van der Waals surface area (Å²) in [4.78, 5) is 0. The van der Waals surface area contributed by atoms with Crippen LogP contribution in [0.25, 0.3) is 0 Å². The van der Waals surface area contributed by atoms with Crippen LogP contribution in [-0.2, 0) is 27.4 Å². The van der Waals surface area contributed by atoms with Gasteiger partial charge in [-0.2, -0.15) is 0 Å². The van der Waals surface area contributed by atoms with Gasteiger partial charge < -0.3 is 24.4 Å². The van der Waals surface area contributed by atoms with E-state index in [-0.39, 0.29) is 13.2 Å². The molecule has 1 aliphatic heterocycles. The largest absolute Gasteiger partial charge is 0.393 e. The van der Waals surface area contributed by atoms with E-state index < -0.39 is 31.0 Å². The van der Waals surface area contributed by atoms with Crippen LogP contribution in [0, 0.1) is 0 Å². The van der Waals surface area contributed by atoms with Gasteiger partial charge in [0.2, 0.25) is 0 Å². The SMILES string of the molecule is [3H][C@@H]1O[C@](CO)(COCc2ccccc2)C(OCc2ccccc2)[C@@H]1O. The van der Waals surface area contributed by atoms with Crippen molar-refractivity contribution in [3.63, 3.8) is 0 Å². The second kappa shape index (κ2) is 8.56. The molecule has 0 amide bonds. The summed E-state index contributed by atoms with van der Waals surface area (Å²) in [6.07, 6.45) is -2.02. The van der Waals surface area contributed by atoms with Crippen LogP contribution in [-0.4, -0.2) is 47.8 Å². The molecule has 2 aromatic rings. The van der Waals surface area contributed by atoms with Crippen LogP contribution < -0.4 is 0 Å². The molecule has 1 aliphatic rings.